The molecule has 2 aliphatic carbocycles. The molecule has 3 aliphatic rings. The maximum atomic E-state index is 12.9. The van der Waals surface area contributed by atoms with Gasteiger partial charge in [0.05, 0.1) is 10.9 Å². The van der Waals surface area contributed by atoms with Gasteiger partial charge in [0, 0.05) is 38.9 Å². The van der Waals surface area contributed by atoms with Crippen LogP contribution >= 0.6 is 0 Å². The number of sulfonamides is 1. The van der Waals surface area contributed by atoms with E-state index in [0.29, 0.717) is 24.9 Å². The highest BCUT2D eigenvalue weighted by atomic mass is 32.2. The summed E-state index contributed by atoms with van der Waals surface area (Å²) in [5, 5.41) is -0.0939. The number of aromatic nitrogens is 1. The van der Waals surface area contributed by atoms with E-state index in [1.54, 1.807) is 4.31 Å². The molecular formula is C17H25N3O2S. The fourth-order valence-electron chi connectivity index (χ4n) is 4.61. The quantitative estimate of drug-likeness (QED) is 0.841. The SMILES string of the molecule is O=S(=O)(C1C[C@@H]2CC[C@H]1C2)N1CCN(Cc2ccccn2)CC1. The summed E-state index contributed by atoms with van der Waals surface area (Å²) in [5.41, 5.74) is 1.05. The fourth-order valence-corrected chi connectivity index (χ4v) is 6.91. The second-order valence-corrected chi connectivity index (χ2v) is 9.41. The predicted molar refractivity (Wildman–Crippen MR) is 89.2 cm³/mol. The predicted octanol–water partition coefficient (Wildman–Crippen LogP) is 1.72. The molecule has 0 radical (unpaired) electrons. The van der Waals surface area contributed by atoms with Crippen LogP contribution in [0.3, 0.4) is 0 Å². The first-order valence-corrected chi connectivity index (χ1v) is 10.2. The van der Waals surface area contributed by atoms with Crippen LogP contribution in [0.4, 0.5) is 0 Å². The normalized spacial score (nSPS) is 32.4. The molecule has 0 N–H and O–H groups in total. The van der Waals surface area contributed by atoms with Crippen molar-refractivity contribution < 1.29 is 8.42 Å². The minimum Gasteiger partial charge on any atom is -0.295 e. The van der Waals surface area contributed by atoms with Crippen LogP contribution in [0.15, 0.2) is 24.4 Å². The molecular weight excluding hydrogens is 310 g/mol. The van der Waals surface area contributed by atoms with Gasteiger partial charge in [-0.25, -0.2) is 8.42 Å². The minimum absolute atomic E-state index is 0.0939. The topological polar surface area (TPSA) is 53.5 Å². The zero-order valence-electron chi connectivity index (χ0n) is 13.5. The molecule has 1 aromatic rings. The van der Waals surface area contributed by atoms with Crippen molar-refractivity contribution in [3.05, 3.63) is 30.1 Å². The number of fused-ring (bicyclic) bond motifs is 2. The van der Waals surface area contributed by atoms with Gasteiger partial charge in [-0.3, -0.25) is 9.88 Å². The Labute approximate surface area is 138 Å². The van der Waals surface area contributed by atoms with Crippen molar-refractivity contribution in [2.24, 2.45) is 11.8 Å². The zero-order valence-corrected chi connectivity index (χ0v) is 14.3. The zero-order chi connectivity index (χ0) is 15.9. The third-order valence-electron chi connectivity index (χ3n) is 5.86. The summed E-state index contributed by atoms with van der Waals surface area (Å²) in [7, 11) is -3.10. The first-order chi connectivity index (χ1) is 11.1. The number of nitrogens with zero attached hydrogens (tertiary/aromatic N) is 3. The van der Waals surface area contributed by atoms with Crippen LogP contribution in [0.1, 0.15) is 31.4 Å². The van der Waals surface area contributed by atoms with E-state index >= 15 is 0 Å². The van der Waals surface area contributed by atoms with Crippen molar-refractivity contribution in [3.8, 4) is 0 Å². The molecule has 3 atom stereocenters. The Morgan fingerprint density at radius 3 is 2.52 bits per heavy atom. The number of hydrogen-bond donors (Lipinski definition) is 0. The van der Waals surface area contributed by atoms with Crippen molar-refractivity contribution in [1.29, 1.82) is 0 Å². The van der Waals surface area contributed by atoms with Gasteiger partial charge < -0.3 is 0 Å². The number of pyridine rings is 1. The summed E-state index contributed by atoms with van der Waals surface area (Å²) in [6.07, 6.45) is 6.22. The van der Waals surface area contributed by atoms with Gasteiger partial charge >= 0.3 is 0 Å². The van der Waals surface area contributed by atoms with Gasteiger partial charge in [-0.15, -0.1) is 0 Å². The Morgan fingerprint density at radius 1 is 1.09 bits per heavy atom. The van der Waals surface area contributed by atoms with Crippen LogP contribution in [-0.2, 0) is 16.6 Å². The van der Waals surface area contributed by atoms with Gasteiger partial charge in [-0.05, 0) is 43.2 Å². The molecule has 23 heavy (non-hydrogen) atoms. The van der Waals surface area contributed by atoms with Crippen molar-refractivity contribution in [1.82, 2.24) is 14.2 Å². The lowest BCUT2D eigenvalue weighted by atomic mass is 10.0. The molecule has 2 saturated carbocycles. The molecule has 0 amide bonds. The van der Waals surface area contributed by atoms with Crippen LogP contribution in [0, 0.1) is 11.8 Å². The lowest BCUT2D eigenvalue weighted by molar-refractivity contribution is 0.178. The first-order valence-electron chi connectivity index (χ1n) is 8.74. The summed E-state index contributed by atoms with van der Waals surface area (Å²) in [6, 6.07) is 5.94. The van der Waals surface area contributed by atoms with Crippen molar-refractivity contribution in [3.63, 3.8) is 0 Å². The molecule has 1 unspecified atom stereocenters. The van der Waals surface area contributed by atoms with Gasteiger partial charge in [0.25, 0.3) is 0 Å². The lowest BCUT2D eigenvalue weighted by Gasteiger charge is -2.36. The van der Waals surface area contributed by atoms with E-state index in [-0.39, 0.29) is 5.25 Å². The molecule has 1 saturated heterocycles. The standard InChI is InChI=1S/C17H25N3O2S/c21-23(22,17-12-14-4-5-15(17)11-14)20-9-7-19(8-10-20)13-16-3-1-2-6-18-16/h1-3,6,14-15,17H,4-5,7-13H2/t14-,15+,17?/m1/s1. The highest BCUT2D eigenvalue weighted by Gasteiger charge is 2.48. The Hall–Kier alpha value is -0.980. The lowest BCUT2D eigenvalue weighted by Crippen LogP contribution is -2.51. The molecule has 1 aliphatic heterocycles. The van der Waals surface area contributed by atoms with Crippen molar-refractivity contribution in [2.45, 2.75) is 37.5 Å². The van der Waals surface area contributed by atoms with Crippen LogP contribution < -0.4 is 0 Å². The Bertz CT molecular complexity index is 641. The Morgan fingerprint density at radius 2 is 1.91 bits per heavy atom. The van der Waals surface area contributed by atoms with E-state index in [1.807, 2.05) is 24.4 Å². The Kier molecular flexibility index (Phi) is 4.15. The average Bonchev–Trinajstić information content (AvgIpc) is 3.20. The number of rotatable bonds is 4. The molecule has 0 aromatic carbocycles. The van der Waals surface area contributed by atoms with E-state index < -0.39 is 10.0 Å². The van der Waals surface area contributed by atoms with E-state index in [4.69, 9.17) is 0 Å². The first kappa shape index (κ1) is 15.5. The summed E-state index contributed by atoms with van der Waals surface area (Å²) >= 11 is 0. The Balaban J connectivity index is 1.36. The smallest absolute Gasteiger partial charge is 0.217 e. The average molecular weight is 335 g/mol. The molecule has 2 heterocycles. The van der Waals surface area contributed by atoms with Crippen LogP contribution in [-0.4, -0.2) is 54.0 Å². The number of piperazine rings is 1. The van der Waals surface area contributed by atoms with Gasteiger partial charge in [-0.2, -0.15) is 4.31 Å². The van der Waals surface area contributed by atoms with Gasteiger partial charge in [0.2, 0.25) is 10.0 Å². The van der Waals surface area contributed by atoms with Crippen molar-refractivity contribution in [2.75, 3.05) is 26.2 Å². The number of hydrogen-bond acceptors (Lipinski definition) is 4. The monoisotopic (exact) mass is 335 g/mol. The van der Waals surface area contributed by atoms with Gasteiger partial charge in [-0.1, -0.05) is 12.5 Å². The van der Waals surface area contributed by atoms with Crippen LogP contribution in [0.5, 0.6) is 0 Å². The molecule has 5 nitrogen and oxygen atoms in total. The molecule has 4 rings (SSSR count). The van der Waals surface area contributed by atoms with Gasteiger partial charge in [0.1, 0.15) is 0 Å². The van der Waals surface area contributed by atoms with Crippen LogP contribution in [0.25, 0.3) is 0 Å². The maximum absolute atomic E-state index is 12.9. The van der Waals surface area contributed by atoms with Crippen molar-refractivity contribution >= 4 is 10.0 Å². The second kappa shape index (κ2) is 6.15. The molecule has 3 fully saturated rings. The van der Waals surface area contributed by atoms with E-state index in [9.17, 15) is 8.42 Å². The summed E-state index contributed by atoms with van der Waals surface area (Å²) < 4.78 is 27.6. The third-order valence-corrected chi connectivity index (χ3v) is 8.29. The molecule has 0 spiro atoms. The second-order valence-electron chi connectivity index (χ2n) is 7.25. The van der Waals surface area contributed by atoms with Gasteiger partial charge in [0.15, 0.2) is 0 Å². The molecule has 6 heteroatoms. The summed E-state index contributed by atoms with van der Waals surface area (Å²) in [4.78, 5) is 6.66. The minimum atomic E-state index is -3.10. The fraction of sp³-hybridized carbons (Fsp3) is 0.706. The van der Waals surface area contributed by atoms with Crippen LogP contribution in [0.2, 0.25) is 0 Å². The molecule has 126 valence electrons. The summed E-state index contributed by atoms with van der Waals surface area (Å²) in [5.74, 6) is 1.10. The highest BCUT2D eigenvalue weighted by Crippen LogP contribution is 2.48. The largest absolute Gasteiger partial charge is 0.295 e. The van der Waals surface area contributed by atoms with E-state index in [1.165, 1.54) is 6.42 Å². The van der Waals surface area contributed by atoms with E-state index in [2.05, 4.69) is 9.88 Å². The third kappa shape index (κ3) is 3.04. The molecule has 2 bridgehead atoms. The highest BCUT2D eigenvalue weighted by molar-refractivity contribution is 7.89. The summed E-state index contributed by atoms with van der Waals surface area (Å²) in [6.45, 7) is 3.67. The molecule has 1 aromatic heterocycles. The van der Waals surface area contributed by atoms with E-state index in [0.717, 1.165) is 44.6 Å². The maximum Gasteiger partial charge on any atom is 0.217 e.